The Kier molecular flexibility index (Phi) is 6.57. The first-order valence-corrected chi connectivity index (χ1v) is 10.1. The van der Waals surface area contributed by atoms with E-state index in [-0.39, 0.29) is 24.0 Å². The third-order valence-corrected chi connectivity index (χ3v) is 6.59. The number of nitrogens with two attached hydrogens (primary N) is 2. The number of aryl methyl sites for hydroxylation is 2. The molecule has 0 aliphatic carbocycles. The van der Waals surface area contributed by atoms with Crippen LogP contribution >= 0.6 is 22.7 Å². The molecule has 8 nitrogen and oxygen atoms in total. The molecule has 0 aliphatic heterocycles. The van der Waals surface area contributed by atoms with Crippen LogP contribution in [0.1, 0.15) is 54.4 Å². The van der Waals surface area contributed by atoms with Gasteiger partial charge in [-0.3, -0.25) is 19.2 Å². The average Bonchev–Trinajstić information content (AvgIpc) is 3.01. The molecule has 28 heavy (non-hydrogen) atoms. The topological polar surface area (TPSA) is 144 Å². The molecule has 2 rings (SSSR count). The number of nitrogens with one attached hydrogen (secondary N) is 2. The van der Waals surface area contributed by atoms with Crippen LogP contribution in [0.25, 0.3) is 0 Å². The van der Waals surface area contributed by atoms with E-state index in [0.29, 0.717) is 10.0 Å². The normalized spacial score (nSPS) is 10.6. The van der Waals surface area contributed by atoms with Crippen molar-refractivity contribution in [3.63, 3.8) is 0 Å². The number of rotatable bonds is 7. The third kappa shape index (κ3) is 4.57. The van der Waals surface area contributed by atoms with E-state index >= 15 is 0 Å². The minimum Gasteiger partial charge on any atom is -0.365 e. The van der Waals surface area contributed by atoms with E-state index in [1.807, 2.05) is 13.8 Å². The van der Waals surface area contributed by atoms with Gasteiger partial charge in [0, 0.05) is 22.6 Å². The van der Waals surface area contributed by atoms with Crippen LogP contribution in [-0.2, 0) is 9.59 Å². The van der Waals surface area contributed by atoms with Crippen molar-refractivity contribution < 1.29 is 19.2 Å². The van der Waals surface area contributed by atoms with E-state index < -0.39 is 23.6 Å². The number of thiophene rings is 2. The van der Waals surface area contributed by atoms with Gasteiger partial charge in [0.25, 0.3) is 11.8 Å². The van der Waals surface area contributed by atoms with Crippen LogP contribution in [0.5, 0.6) is 0 Å². The van der Waals surface area contributed by atoms with Crippen molar-refractivity contribution in [1.29, 1.82) is 0 Å². The summed E-state index contributed by atoms with van der Waals surface area (Å²) in [7, 11) is 0. The van der Waals surface area contributed by atoms with Crippen molar-refractivity contribution in [2.24, 2.45) is 11.5 Å². The summed E-state index contributed by atoms with van der Waals surface area (Å²) in [5, 5.41) is 6.05. The molecule has 0 fully saturated rings. The molecule has 150 valence electrons. The van der Waals surface area contributed by atoms with Gasteiger partial charge in [-0.15, -0.1) is 22.7 Å². The first-order chi connectivity index (χ1) is 13.0. The predicted octanol–water partition coefficient (Wildman–Crippen LogP) is 2.60. The maximum absolute atomic E-state index is 12.2. The minimum absolute atomic E-state index is 0.0880. The monoisotopic (exact) mass is 422 g/mol. The van der Waals surface area contributed by atoms with Crippen LogP contribution in [0.3, 0.4) is 0 Å². The number of anilines is 2. The second-order valence-electron chi connectivity index (χ2n) is 6.30. The van der Waals surface area contributed by atoms with Crippen LogP contribution in [0.4, 0.5) is 10.0 Å². The van der Waals surface area contributed by atoms with E-state index in [0.717, 1.165) is 20.9 Å². The number of hydrogen-bond acceptors (Lipinski definition) is 6. The number of primary amides is 2. The second kappa shape index (κ2) is 8.53. The van der Waals surface area contributed by atoms with Crippen LogP contribution < -0.4 is 22.1 Å². The van der Waals surface area contributed by atoms with E-state index in [1.165, 1.54) is 22.7 Å². The molecule has 0 bridgehead atoms. The second-order valence-corrected chi connectivity index (χ2v) is 8.75. The van der Waals surface area contributed by atoms with Gasteiger partial charge in [0.15, 0.2) is 0 Å². The molecule has 0 aromatic carbocycles. The molecule has 0 saturated carbocycles. The van der Waals surface area contributed by atoms with Gasteiger partial charge in [-0.25, -0.2) is 0 Å². The zero-order valence-corrected chi connectivity index (χ0v) is 17.7. The Morgan fingerprint density at radius 2 is 1.04 bits per heavy atom. The molecule has 4 amide bonds. The first kappa shape index (κ1) is 21.6. The Morgan fingerprint density at radius 3 is 1.32 bits per heavy atom. The van der Waals surface area contributed by atoms with Crippen molar-refractivity contribution in [3.8, 4) is 0 Å². The molecule has 0 atom stereocenters. The fourth-order valence-corrected chi connectivity index (χ4v) is 4.79. The Balaban J connectivity index is 2.00. The van der Waals surface area contributed by atoms with E-state index in [9.17, 15) is 19.2 Å². The van der Waals surface area contributed by atoms with Crippen molar-refractivity contribution in [2.75, 3.05) is 10.6 Å². The largest absolute Gasteiger partial charge is 0.365 e. The highest BCUT2D eigenvalue weighted by atomic mass is 32.1. The van der Waals surface area contributed by atoms with Gasteiger partial charge in [0.05, 0.1) is 11.1 Å². The number of carbonyl (C=O) groups excluding carboxylic acids is 4. The molecule has 6 N–H and O–H groups in total. The van der Waals surface area contributed by atoms with Gasteiger partial charge in [0.2, 0.25) is 11.8 Å². The molecule has 0 saturated heterocycles. The summed E-state index contributed by atoms with van der Waals surface area (Å²) in [6, 6.07) is 0. The highest BCUT2D eigenvalue weighted by Crippen LogP contribution is 2.33. The average molecular weight is 423 g/mol. The van der Waals surface area contributed by atoms with Crippen LogP contribution in [0.15, 0.2) is 0 Å². The lowest BCUT2D eigenvalue weighted by Gasteiger charge is -2.07. The molecular weight excluding hydrogens is 400 g/mol. The highest BCUT2D eigenvalue weighted by Gasteiger charge is 2.21. The molecule has 2 aromatic heterocycles. The first-order valence-electron chi connectivity index (χ1n) is 8.42. The lowest BCUT2D eigenvalue weighted by Crippen LogP contribution is -2.20. The smallest absolute Gasteiger partial charge is 0.251 e. The zero-order valence-electron chi connectivity index (χ0n) is 16.0. The van der Waals surface area contributed by atoms with Gasteiger partial charge >= 0.3 is 0 Å². The van der Waals surface area contributed by atoms with E-state index in [2.05, 4.69) is 10.6 Å². The summed E-state index contributed by atoms with van der Waals surface area (Å²) < 4.78 is 0. The Bertz CT molecular complexity index is 897. The molecule has 2 aromatic rings. The number of carbonyl (C=O) groups is 4. The van der Waals surface area contributed by atoms with Crippen LogP contribution in [0, 0.1) is 27.7 Å². The van der Waals surface area contributed by atoms with Crippen LogP contribution in [0.2, 0.25) is 0 Å². The lowest BCUT2D eigenvalue weighted by molar-refractivity contribution is -0.121. The Labute approximate surface area is 170 Å². The maximum Gasteiger partial charge on any atom is 0.251 e. The zero-order chi connectivity index (χ0) is 21.2. The van der Waals surface area contributed by atoms with Crippen molar-refractivity contribution in [1.82, 2.24) is 0 Å². The van der Waals surface area contributed by atoms with Gasteiger partial charge < -0.3 is 22.1 Å². The summed E-state index contributed by atoms with van der Waals surface area (Å²) in [6.07, 6.45) is -0.176. The van der Waals surface area contributed by atoms with Crippen LogP contribution in [-0.4, -0.2) is 23.6 Å². The third-order valence-electron chi connectivity index (χ3n) is 4.35. The fraction of sp³-hybridized carbons (Fsp3) is 0.333. The van der Waals surface area contributed by atoms with Gasteiger partial charge in [-0.05, 0) is 38.8 Å². The van der Waals surface area contributed by atoms with Crippen molar-refractivity contribution in [3.05, 3.63) is 32.0 Å². The maximum atomic E-state index is 12.2. The molecule has 2 heterocycles. The summed E-state index contributed by atoms with van der Waals surface area (Å²) in [6.45, 7) is 7.18. The standard InChI is InChI=1S/C18H22N4O4S2/c1-7-9(3)27-17(13(7)15(19)25)21-11(23)5-6-12(24)22-18-14(16(20)26)8(2)10(4)28-18/h5-6H2,1-4H3,(H2,19,25)(H2,20,26)(H,21,23)(H,22,24). The van der Waals surface area contributed by atoms with Crippen molar-refractivity contribution >= 4 is 56.3 Å². The SMILES string of the molecule is Cc1sc(NC(=O)CCC(=O)Nc2sc(C)c(C)c2C(N)=O)c(C(N)=O)c1C. The fourth-order valence-electron chi connectivity index (χ4n) is 2.63. The molecule has 10 heteroatoms. The summed E-state index contributed by atoms with van der Waals surface area (Å²) in [5.41, 5.74) is 12.8. The quantitative estimate of drug-likeness (QED) is 0.543. The van der Waals surface area contributed by atoms with Gasteiger partial charge in [0.1, 0.15) is 10.0 Å². The molecular formula is C18H22N4O4S2. The highest BCUT2D eigenvalue weighted by molar-refractivity contribution is 7.17. The summed E-state index contributed by atoms with van der Waals surface area (Å²) >= 11 is 2.52. The number of hydrogen-bond donors (Lipinski definition) is 4. The number of amides is 4. The lowest BCUT2D eigenvalue weighted by atomic mass is 10.1. The van der Waals surface area contributed by atoms with Gasteiger partial charge in [-0.1, -0.05) is 0 Å². The van der Waals surface area contributed by atoms with E-state index in [4.69, 9.17) is 11.5 Å². The molecule has 0 spiro atoms. The summed E-state index contributed by atoms with van der Waals surface area (Å²) in [5.74, 6) is -2.05. The Hall–Kier alpha value is -2.72. The molecule has 0 unspecified atom stereocenters. The molecule has 0 radical (unpaired) electrons. The molecule has 0 aliphatic rings. The minimum atomic E-state index is -0.614. The van der Waals surface area contributed by atoms with Crippen molar-refractivity contribution in [2.45, 2.75) is 40.5 Å². The Morgan fingerprint density at radius 1 is 0.714 bits per heavy atom. The predicted molar refractivity (Wildman–Crippen MR) is 111 cm³/mol. The van der Waals surface area contributed by atoms with Gasteiger partial charge in [-0.2, -0.15) is 0 Å². The summed E-state index contributed by atoms with van der Waals surface area (Å²) in [4.78, 5) is 49.3. The van der Waals surface area contributed by atoms with E-state index in [1.54, 1.807) is 13.8 Å².